The van der Waals surface area contributed by atoms with Crippen molar-refractivity contribution in [3.63, 3.8) is 0 Å². The molecule has 0 aliphatic heterocycles. The molecule has 2 heterocycles. The lowest BCUT2D eigenvalue weighted by molar-refractivity contribution is 0.0689. The van der Waals surface area contributed by atoms with Crippen LogP contribution in [0, 0.1) is 18.7 Å². The lowest BCUT2D eigenvalue weighted by Crippen LogP contribution is -2.10. The maximum absolute atomic E-state index is 14.0. The van der Waals surface area contributed by atoms with E-state index in [1.54, 1.807) is 0 Å². The van der Waals surface area contributed by atoms with Crippen LogP contribution in [0.1, 0.15) is 16.1 Å². The minimum atomic E-state index is -1.32. The Hall–Kier alpha value is -2.57. The first-order valence-electron chi connectivity index (χ1n) is 5.22. The predicted octanol–water partition coefficient (Wildman–Crippen LogP) is 2.01. The van der Waals surface area contributed by atoms with Crippen molar-refractivity contribution in [3.8, 4) is 11.3 Å². The molecular weight excluding hydrogens is 256 g/mol. The van der Waals surface area contributed by atoms with Gasteiger partial charge in [0.25, 0.3) is 0 Å². The van der Waals surface area contributed by atoms with Crippen LogP contribution >= 0.6 is 0 Å². The SMILES string of the molecule is Cc1c(C(=O)O)nc(-c2ccc(F)nc2)c(F)c1N. The molecule has 0 aliphatic carbocycles. The van der Waals surface area contributed by atoms with E-state index in [4.69, 9.17) is 10.8 Å². The van der Waals surface area contributed by atoms with Crippen LogP contribution in [0.4, 0.5) is 14.5 Å². The summed E-state index contributed by atoms with van der Waals surface area (Å²) in [5.74, 6) is -2.90. The van der Waals surface area contributed by atoms with Crippen LogP contribution in [0.3, 0.4) is 0 Å². The Balaban J connectivity index is 2.70. The second-order valence-electron chi connectivity index (χ2n) is 3.84. The van der Waals surface area contributed by atoms with Crippen molar-refractivity contribution in [3.05, 3.63) is 41.4 Å². The average molecular weight is 265 g/mol. The Bertz CT molecular complexity index is 657. The summed E-state index contributed by atoms with van der Waals surface area (Å²) in [6.45, 7) is 1.36. The molecule has 0 bridgehead atoms. The van der Waals surface area contributed by atoms with Gasteiger partial charge in [-0.2, -0.15) is 4.39 Å². The highest BCUT2D eigenvalue weighted by atomic mass is 19.1. The predicted molar refractivity (Wildman–Crippen MR) is 63.5 cm³/mol. The summed E-state index contributed by atoms with van der Waals surface area (Å²) < 4.78 is 26.7. The molecule has 0 aliphatic rings. The van der Waals surface area contributed by atoms with Gasteiger partial charge in [-0.15, -0.1) is 0 Å². The van der Waals surface area contributed by atoms with Crippen LogP contribution in [0.15, 0.2) is 18.3 Å². The first-order valence-corrected chi connectivity index (χ1v) is 5.22. The molecule has 19 heavy (non-hydrogen) atoms. The fraction of sp³-hybridized carbons (Fsp3) is 0.0833. The zero-order valence-electron chi connectivity index (χ0n) is 9.82. The topological polar surface area (TPSA) is 89.1 Å². The normalized spacial score (nSPS) is 10.5. The van der Waals surface area contributed by atoms with Crippen LogP contribution in [-0.2, 0) is 0 Å². The number of pyridine rings is 2. The summed E-state index contributed by atoms with van der Waals surface area (Å²) >= 11 is 0. The smallest absolute Gasteiger partial charge is 0.354 e. The van der Waals surface area contributed by atoms with Crippen molar-refractivity contribution >= 4 is 11.7 Å². The number of carboxylic acids is 1. The van der Waals surface area contributed by atoms with Gasteiger partial charge in [-0.3, -0.25) is 0 Å². The number of halogens is 2. The molecule has 0 aromatic carbocycles. The summed E-state index contributed by atoms with van der Waals surface area (Å²) in [6.07, 6.45) is 1.06. The number of nitrogen functional groups attached to an aromatic ring is 1. The number of carboxylic acid groups (broad SMARTS) is 1. The Morgan fingerprint density at radius 2 is 2.05 bits per heavy atom. The van der Waals surface area contributed by atoms with Gasteiger partial charge in [-0.05, 0) is 19.1 Å². The Kier molecular flexibility index (Phi) is 3.12. The molecule has 2 aromatic rings. The third-order valence-corrected chi connectivity index (χ3v) is 2.63. The van der Waals surface area contributed by atoms with Crippen molar-refractivity contribution in [2.75, 3.05) is 5.73 Å². The number of hydrogen-bond acceptors (Lipinski definition) is 4. The van der Waals surface area contributed by atoms with Gasteiger partial charge in [0.15, 0.2) is 11.5 Å². The van der Waals surface area contributed by atoms with Crippen LogP contribution in [0.25, 0.3) is 11.3 Å². The van der Waals surface area contributed by atoms with E-state index in [9.17, 15) is 13.6 Å². The van der Waals surface area contributed by atoms with E-state index in [2.05, 4.69) is 9.97 Å². The van der Waals surface area contributed by atoms with Crippen molar-refractivity contribution in [1.82, 2.24) is 9.97 Å². The number of carbonyl (C=O) groups is 1. The highest BCUT2D eigenvalue weighted by molar-refractivity contribution is 5.90. The van der Waals surface area contributed by atoms with Crippen molar-refractivity contribution in [1.29, 1.82) is 0 Å². The number of anilines is 1. The molecule has 0 atom stereocenters. The van der Waals surface area contributed by atoms with Crippen LogP contribution in [0.2, 0.25) is 0 Å². The molecule has 0 spiro atoms. The number of aromatic carboxylic acids is 1. The second kappa shape index (κ2) is 4.60. The van der Waals surface area contributed by atoms with E-state index >= 15 is 0 Å². The molecule has 0 unspecified atom stereocenters. The first-order chi connectivity index (χ1) is 8.91. The maximum Gasteiger partial charge on any atom is 0.354 e. The number of nitrogens with zero attached hydrogens (tertiary/aromatic N) is 2. The average Bonchev–Trinajstić information content (AvgIpc) is 2.37. The molecule has 3 N–H and O–H groups in total. The van der Waals surface area contributed by atoms with Crippen LogP contribution < -0.4 is 5.73 Å². The van der Waals surface area contributed by atoms with Gasteiger partial charge in [-0.25, -0.2) is 19.2 Å². The summed E-state index contributed by atoms with van der Waals surface area (Å²) in [4.78, 5) is 18.1. The van der Waals surface area contributed by atoms with Gasteiger partial charge in [0.1, 0.15) is 5.69 Å². The molecule has 0 fully saturated rings. The van der Waals surface area contributed by atoms with E-state index in [0.717, 1.165) is 12.3 Å². The minimum Gasteiger partial charge on any atom is -0.477 e. The van der Waals surface area contributed by atoms with Crippen molar-refractivity contribution < 1.29 is 18.7 Å². The molecule has 7 heteroatoms. The third-order valence-electron chi connectivity index (χ3n) is 2.63. The van der Waals surface area contributed by atoms with E-state index in [1.807, 2.05) is 0 Å². The van der Waals surface area contributed by atoms with Crippen LogP contribution in [-0.4, -0.2) is 21.0 Å². The number of nitrogens with two attached hydrogens (primary N) is 1. The summed E-state index contributed by atoms with van der Waals surface area (Å²) in [6, 6.07) is 2.26. The fourth-order valence-corrected chi connectivity index (χ4v) is 1.58. The first kappa shape index (κ1) is 12.9. The van der Waals surface area contributed by atoms with Gasteiger partial charge >= 0.3 is 5.97 Å². The van der Waals surface area contributed by atoms with E-state index < -0.39 is 17.7 Å². The Morgan fingerprint density at radius 3 is 2.58 bits per heavy atom. The molecule has 5 nitrogen and oxygen atoms in total. The molecule has 2 rings (SSSR count). The maximum atomic E-state index is 14.0. The molecule has 0 radical (unpaired) electrons. The molecule has 0 saturated carbocycles. The van der Waals surface area contributed by atoms with Gasteiger partial charge in [0.2, 0.25) is 5.95 Å². The highest BCUT2D eigenvalue weighted by Gasteiger charge is 2.20. The summed E-state index contributed by atoms with van der Waals surface area (Å²) in [5, 5.41) is 8.98. The van der Waals surface area contributed by atoms with Gasteiger partial charge in [-0.1, -0.05) is 0 Å². The third kappa shape index (κ3) is 2.22. The Labute approximate surface area is 106 Å². The zero-order chi connectivity index (χ0) is 14.2. The fourth-order valence-electron chi connectivity index (χ4n) is 1.58. The minimum absolute atomic E-state index is 0.0452. The van der Waals surface area contributed by atoms with Gasteiger partial charge < -0.3 is 10.8 Å². The quantitative estimate of drug-likeness (QED) is 0.811. The van der Waals surface area contributed by atoms with Crippen LogP contribution in [0.5, 0.6) is 0 Å². The second-order valence-corrected chi connectivity index (χ2v) is 3.84. The lowest BCUT2D eigenvalue weighted by atomic mass is 10.1. The largest absolute Gasteiger partial charge is 0.477 e. The summed E-state index contributed by atoms with van der Waals surface area (Å²) in [5.41, 5.74) is 4.79. The zero-order valence-corrected chi connectivity index (χ0v) is 9.82. The summed E-state index contributed by atoms with van der Waals surface area (Å²) in [7, 11) is 0. The molecular formula is C12H9F2N3O2. The molecule has 98 valence electrons. The van der Waals surface area contributed by atoms with E-state index in [0.29, 0.717) is 0 Å². The van der Waals surface area contributed by atoms with Crippen molar-refractivity contribution in [2.45, 2.75) is 6.92 Å². The molecule has 0 saturated heterocycles. The van der Waals surface area contributed by atoms with Gasteiger partial charge in [0.05, 0.1) is 5.69 Å². The number of rotatable bonds is 2. The van der Waals surface area contributed by atoms with Gasteiger partial charge in [0, 0.05) is 17.3 Å². The van der Waals surface area contributed by atoms with Crippen molar-refractivity contribution in [2.24, 2.45) is 0 Å². The standard InChI is InChI=1S/C12H9F2N3O2/c1-5-9(15)8(14)11(17-10(5)12(18)19)6-2-3-7(13)16-4-6/h2-4H,1H3,(H2,15,17)(H,18,19). The highest BCUT2D eigenvalue weighted by Crippen LogP contribution is 2.28. The molecule has 0 amide bonds. The van der Waals surface area contributed by atoms with E-state index in [-0.39, 0.29) is 28.2 Å². The lowest BCUT2D eigenvalue weighted by Gasteiger charge is -2.10. The number of aromatic nitrogens is 2. The number of hydrogen-bond donors (Lipinski definition) is 2. The Morgan fingerprint density at radius 1 is 1.37 bits per heavy atom. The monoisotopic (exact) mass is 265 g/mol. The van der Waals surface area contributed by atoms with E-state index in [1.165, 1.54) is 13.0 Å². The molecule has 2 aromatic heterocycles.